The summed E-state index contributed by atoms with van der Waals surface area (Å²) in [5.41, 5.74) is -3.93. The fourth-order valence-corrected chi connectivity index (χ4v) is 12.3. The number of fused-ring (bicyclic) bond motifs is 2. The van der Waals surface area contributed by atoms with Gasteiger partial charge in [-0.25, -0.2) is 4.79 Å². The zero-order chi connectivity index (χ0) is 31.4. The lowest BCUT2D eigenvalue weighted by molar-refractivity contribution is -0.316. The quantitative estimate of drug-likeness (QED) is 0.410. The van der Waals surface area contributed by atoms with Crippen LogP contribution in [0.3, 0.4) is 0 Å². The van der Waals surface area contributed by atoms with Crippen LogP contribution < -0.4 is 0 Å². The molecule has 6 fully saturated rings. The van der Waals surface area contributed by atoms with Gasteiger partial charge in [0.05, 0.1) is 24.4 Å². The molecule has 1 aromatic rings. The maximum Gasteiger partial charge on any atom is 0.338 e. The monoisotopic (exact) mass is 615 g/mol. The van der Waals surface area contributed by atoms with Crippen LogP contribution in [0.5, 0.6) is 0 Å². The summed E-state index contributed by atoms with van der Waals surface area (Å²) in [4.78, 5) is 29.2. The summed E-state index contributed by atoms with van der Waals surface area (Å²) in [6.07, 6.45) is -2.66. The predicted molar refractivity (Wildman–Crippen MR) is 154 cm³/mol. The van der Waals surface area contributed by atoms with Crippen LogP contribution in [0.15, 0.2) is 30.3 Å². The van der Waals surface area contributed by atoms with Crippen molar-refractivity contribution in [1.82, 2.24) is 4.90 Å². The van der Waals surface area contributed by atoms with Crippen LogP contribution in [0.1, 0.15) is 36.5 Å². The van der Waals surface area contributed by atoms with Crippen LogP contribution in [0.25, 0.3) is 0 Å². The number of likely N-dealkylation sites (tertiary alicyclic amines) is 1. The van der Waals surface area contributed by atoms with Gasteiger partial charge in [0.15, 0.2) is 5.60 Å². The van der Waals surface area contributed by atoms with Gasteiger partial charge in [-0.05, 0) is 44.4 Å². The Bertz CT molecular complexity index is 1310. The first-order valence-corrected chi connectivity index (χ1v) is 15.7. The van der Waals surface area contributed by atoms with E-state index < -0.39 is 64.8 Å². The number of aliphatic hydroxyl groups is 2. The minimum Gasteiger partial charge on any atom is -0.455 e. The Morgan fingerprint density at radius 1 is 1.02 bits per heavy atom. The number of hydrogen-bond donors (Lipinski definition) is 2. The standard InChI is InChI=1S/C33H45NO10/c1-17(35)44-33-21-19(14-31(38,28(42-6)26(33)36)27(21)43-29(37)18-10-8-7-9-11-18)32-20(40-4)12-13-30(16-39-3)15-34(2)25(32)22(33)23(41-5)24(30)32/h7-11,19-28,36,38H,12-16H2,1-6H3/t19?,20-,21?,22+,23?,24?,25-,26?,27?,28?,30+,31-,32+,33-/m1/s1. The second-order valence-corrected chi connectivity index (χ2v) is 14.2. The highest BCUT2D eigenvalue weighted by Crippen LogP contribution is 2.80. The van der Waals surface area contributed by atoms with Crippen LogP contribution in [0.4, 0.5) is 0 Å². The third-order valence-electron chi connectivity index (χ3n) is 12.8. The van der Waals surface area contributed by atoms with Crippen LogP contribution >= 0.6 is 0 Å². The average Bonchev–Trinajstić information content (AvgIpc) is 3.39. The minimum absolute atomic E-state index is 0.103. The number of ether oxygens (including phenoxy) is 6. The Balaban J connectivity index is 1.51. The average molecular weight is 616 g/mol. The van der Waals surface area contributed by atoms with Crippen molar-refractivity contribution in [3.8, 4) is 0 Å². The Labute approximate surface area is 258 Å². The summed E-state index contributed by atoms with van der Waals surface area (Å²) in [5, 5.41) is 25.1. The van der Waals surface area contributed by atoms with E-state index >= 15 is 0 Å². The Morgan fingerprint density at radius 2 is 1.75 bits per heavy atom. The van der Waals surface area contributed by atoms with Gasteiger partial charge in [0.25, 0.3) is 0 Å². The molecule has 1 heterocycles. The molecule has 7 unspecified atom stereocenters. The van der Waals surface area contributed by atoms with Gasteiger partial charge in [0.2, 0.25) is 0 Å². The van der Waals surface area contributed by atoms with Crippen LogP contribution in [-0.4, -0.2) is 123 Å². The molecule has 7 bridgehead atoms. The third kappa shape index (κ3) is 3.41. The summed E-state index contributed by atoms with van der Waals surface area (Å²) in [7, 11) is 8.63. The first-order chi connectivity index (χ1) is 21.0. The van der Waals surface area contributed by atoms with E-state index in [1.807, 2.05) is 6.07 Å². The molecule has 1 saturated heterocycles. The molecular formula is C33H45NO10. The number of hydrogen-bond acceptors (Lipinski definition) is 11. The molecule has 44 heavy (non-hydrogen) atoms. The SMILES string of the molecule is COC[C@@]12CC[C@@H](OC)[C@@]34C5C[C@]6(O)C(OC)C(O)[C@@](OC(C)=O)(C5C6OC(=O)c5ccccc5)[C@@H](C(OC)C13)[C@H]4N(C)C2. The van der Waals surface area contributed by atoms with Gasteiger partial charge in [-0.15, -0.1) is 0 Å². The number of rotatable bonds is 8. The largest absolute Gasteiger partial charge is 0.455 e. The first kappa shape index (κ1) is 30.5. The number of nitrogens with zero attached hydrogens (tertiary/aromatic N) is 1. The molecule has 5 saturated carbocycles. The highest BCUT2D eigenvalue weighted by Gasteiger charge is 2.91. The van der Waals surface area contributed by atoms with Crippen molar-refractivity contribution in [2.45, 2.75) is 73.9 Å². The molecule has 14 atom stereocenters. The lowest BCUT2D eigenvalue weighted by atomic mass is 9.43. The minimum atomic E-state index is -1.76. The lowest BCUT2D eigenvalue weighted by Crippen LogP contribution is -2.80. The zero-order valence-corrected chi connectivity index (χ0v) is 26.3. The van der Waals surface area contributed by atoms with Crippen molar-refractivity contribution in [3.05, 3.63) is 35.9 Å². The van der Waals surface area contributed by atoms with Crippen molar-refractivity contribution in [1.29, 1.82) is 0 Å². The van der Waals surface area contributed by atoms with Gasteiger partial charge < -0.3 is 43.5 Å². The normalized spacial score (nSPS) is 49.9. The molecule has 242 valence electrons. The Hall–Kier alpha value is -2.12. The smallest absolute Gasteiger partial charge is 0.338 e. The number of carbonyl (C=O) groups is 2. The topological polar surface area (TPSA) is 133 Å². The molecule has 11 heteroatoms. The highest BCUT2D eigenvalue weighted by molar-refractivity contribution is 5.89. The summed E-state index contributed by atoms with van der Waals surface area (Å²) < 4.78 is 37.5. The van der Waals surface area contributed by atoms with Crippen LogP contribution in [-0.2, 0) is 33.2 Å². The van der Waals surface area contributed by atoms with E-state index in [-0.39, 0.29) is 35.8 Å². The van der Waals surface area contributed by atoms with Crippen molar-refractivity contribution in [2.24, 2.45) is 34.5 Å². The molecule has 1 aliphatic heterocycles. The number of piperidine rings is 1. The van der Waals surface area contributed by atoms with Gasteiger partial charge in [0.1, 0.15) is 23.9 Å². The van der Waals surface area contributed by atoms with Crippen molar-refractivity contribution >= 4 is 11.9 Å². The molecule has 6 aliphatic rings. The number of esters is 2. The van der Waals surface area contributed by atoms with E-state index in [0.29, 0.717) is 12.2 Å². The summed E-state index contributed by atoms with van der Waals surface area (Å²) in [6.45, 7) is 2.56. The van der Waals surface area contributed by atoms with Gasteiger partial charge in [-0.2, -0.15) is 0 Å². The van der Waals surface area contributed by atoms with Gasteiger partial charge in [-0.1, -0.05) is 18.2 Å². The molecular weight excluding hydrogens is 570 g/mol. The molecule has 5 aliphatic carbocycles. The molecule has 2 N–H and O–H groups in total. The second-order valence-electron chi connectivity index (χ2n) is 14.2. The second kappa shape index (κ2) is 10.2. The van der Waals surface area contributed by atoms with E-state index in [1.165, 1.54) is 14.0 Å². The fraction of sp³-hybridized carbons (Fsp3) is 0.758. The maximum atomic E-state index is 13.7. The Kier molecular flexibility index (Phi) is 7.07. The van der Waals surface area contributed by atoms with Gasteiger partial charge in [0, 0.05) is 76.5 Å². The van der Waals surface area contributed by atoms with Crippen LogP contribution in [0, 0.1) is 34.5 Å². The van der Waals surface area contributed by atoms with E-state index in [1.54, 1.807) is 45.6 Å². The first-order valence-electron chi connectivity index (χ1n) is 15.7. The Morgan fingerprint density at radius 3 is 2.36 bits per heavy atom. The van der Waals surface area contributed by atoms with Gasteiger partial charge >= 0.3 is 11.9 Å². The van der Waals surface area contributed by atoms with Crippen molar-refractivity contribution in [2.75, 3.05) is 48.6 Å². The van der Waals surface area contributed by atoms with E-state index in [2.05, 4.69) is 11.9 Å². The molecule has 11 nitrogen and oxygen atoms in total. The molecule has 0 amide bonds. The maximum absolute atomic E-state index is 13.7. The number of aliphatic hydroxyl groups excluding tert-OH is 1. The molecule has 7 rings (SSSR count). The van der Waals surface area contributed by atoms with Crippen LogP contribution in [0.2, 0.25) is 0 Å². The highest BCUT2D eigenvalue weighted by atomic mass is 16.6. The summed E-state index contributed by atoms with van der Waals surface area (Å²) in [6, 6.07) is 8.39. The summed E-state index contributed by atoms with van der Waals surface area (Å²) >= 11 is 0. The zero-order valence-electron chi connectivity index (χ0n) is 26.3. The van der Waals surface area contributed by atoms with Gasteiger partial charge in [-0.3, -0.25) is 4.79 Å². The molecule has 0 aromatic heterocycles. The van der Waals surface area contributed by atoms with E-state index in [0.717, 1.165) is 19.4 Å². The fourth-order valence-electron chi connectivity index (χ4n) is 12.3. The van der Waals surface area contributed by atoms with E-state index in [4.69, 9.17) is 28.4 Å². The molecule has 1 aromatic carbocycles. The number of benzene rings is 1. The summed E-state index contributed by atoms with van der Waals surface area (Å²) in [5.74, 6) is -2.96. The van der Waals surface area contributed by atoms with E-state index in [9.17, 15) is 19.8 Å². The molecule has 1 spiro atoms. The van der Waals surface area contributed by atoms with Crippen molar-refractivity contribution < 1.29 is 48.2 Å². The third-order valence-corrected chi connectivity index (χ3v) is 12.8. The predicted octanol–water partition coefficient (Wildman–Crippen LogP) is 1.29. The lowest BCUT2D eigenvalue weighted by Gasteiger charge is -2.69. The molecule has 0 radical (unpaired) electrons. The number of methoxy groups -OCH3 is 4. The van der Waals surface area contributed by atoms with Crippen molar-refractivity contribution in [3.63, 3.8) is 0 Å². The number of carbonyl (C=O) groups excluding carboxylic acids is 2.